The number of hydrogen-bond acceptors (Lipinski definition) is 4. The molecular weight excluding hydrogens is 377 g/mol. The molecule has 1 aromatic rings. The van der Waals surface area contributed by atoms with Gasteiger partial charge in [0.15, 0.2) is 6.61 Å². The van der Waals surface area contributed by atoms with E-state index >= 15 is 0 Å². The number of imide groups is 1. The Balaban J connectivity index is 2.58. The smallest absolute Gasteiger partial charge is 0.416 e. The van der Waals surface area contributed by atoms with E-state index in [2.05, 4.69) is 10.1 Å². The molecule has 0 radical (unpaired) electrons. The summed E-state index contributed by atoms with van der Waals surface area (Å²) in [4.78, 5) is 34.1. The fourth-order valence-electron chi connectivity index (χ4n) is 1.64. The van der Waals surface area contributed by atoms with E-state index in [1.54, 1.807) is 0 Å². The van der Waals surface area contributed by atoms with Crippen LogP contribution < -0.4 is 10.6 Å². The highest BCUT2D eigenvalue weighted by Crippen LogP contribution is 2.32. The highest BCUT2D eigenvalue weighted by Gasteiger charge is 2.30. The lowest BCUT2D eigenvalue weighted by molar-refractivity contribution is -0.143. The zero-order valence-corrected chi connectivity index (χ0v) is 14.4. The van der Waals surface area contributed by atoms with Crippen molar-refractivity contribution >= 4 is 35.6 Å². The second-order valence-electron chi connectivity index (χ2n) is 4.98. The third-order valence-electron chi connectivity index (χ3n) is 2.86. The first-order valence-corrected chi connectivity index (χ1v) is 7.80. The fraction of sp³-hybridized carbons (Fsp3) is 0.312. The van der Waals surface area contributed by atoms with Crippen molar-refractivity contribution in [1.29, 1.82) is 0 Å². The number of benzene rings is 1. The minimum atomic E-state index is -4.55. The maximum Gasteiger partial charge on any atom is 0.416 e. The second kappa shape index (κ2) is 9.81. The van der Waals surface area contributed by atoms with Crippen LogP contribution >= 0.6 is 11.6 Å². The van der Waals surface area contributed by atoms with Crippen LogP contribution in [-0.4, -0.2) is 31.1 Å². The van der Waals surface area contributed by atoms with Crippen molar-refractivity contribution in [2.24, 2.45) is 0 Å². The van der Waals surface area contributed by atoms with Crippen molar-refractivity contribution in [3.8, 4) is 0 Å². The second-order valence-corrected chi connectivity index (χ2v) is 5.39. The molecular formula is C16H16ClF3N2O4. The first kappa shape index (κ1) is 21.5. The highest BCUT2D eigenvalue weighted by atomic mass is 35.5. The third-order valence-corrected chi connectivity index (χ3v) is 3.20. The Morgan fingerprint density at radius 3 is 2.58 bits per heavy atom. The number of hydrogen-bond donors (Lipinski definition) is 2. The Morgan fingerprint density at radius 2 is 1.96 bits per heavy atom. The number of carbonyl (C=O) groups excluding carboxylic acids is 3. The van der Waals surface area contributed by atoms with Gasteiger partial charge in [-0.1, -0.05) is 18.5 Å². The third kappa shape index (κ3) is 7.56. The summed E-state index contributed by atoms with van der Waals surface area (Å²) in [7, 11) is 0. The molecule has 0 aliphatic rings. The van der Waals surface area contributed by atoms with Gasteiger partial charge in [-0.3, -0.25) is 10.1 Å². The van der Waals surface area contributed by atoms with Crippen molar-refractivity contribution in [1.82, 2.24) is 10.6 Å². The van der Waals surface area contributed by atoms with Crippen LogP contribution in [0.2, 0.25) is 5.02 Å². The fourth-order valence-corrected chi connectivity index (χ4v) is 1.82. The minimum absolute atomic E-state index is 0.00684. The molecule has 10 heteroatoms. The Kier molecular flexibility index (Phi) is 8.11. The highest BCUT2D eigenvalue weighted by molar-refractivity contribution is 6.32. The van der Waals surface area contributed by atoms with Gasteiger partial charge in [-0.2, -0.15) is 13.2 Å². The summed E-state index contributed by atoms with van der Waals surface area (Å²) in [6, 6.07) is 1.92. The summed E-state index contributed by atoms with van der Waals surface area (Å²) in [5.41, 5.74) is -0.964. The molecule has 1 aromatic carbocycles. The van der Waals surface area contributed by atoms with Gasteiger partial charge in [0.2, 0.25) is 0 Å². The summed E-state index contributed by atoms with van der Waals surface area (Å²) in [6.07, 6.45) is -2.01. The Bertz CT molecular complexity index is 705. The molecule has 0 fully saturated rings. The van der Waals surface area contributed by atoms with Crippen molar-refractivity contribution in [2.75, 3.05) is 13.2 Å². The molecule has 3 amide bonds. The van der Waals surface area contributed by atoms with Crippen LogP contribution in [0.1, 0.15) is 24.5 Å². The van der Waals surface area contributed by atoms with Gasteiger partial charge >= 0.3 is 18.2 Å². The molecule has 0 saturated carbocycles. The number of halogens is 4. The van der Waals surface area contributed by atoms with Crippen molar-refractivity contribution in [2.45, 2.75) is 19.5 Å². The van der Waals surface area contributed by atoms with Crippen molar-refractivity contribution in [3.63, 3.8) is 0 Å². The van der Waals surface area contributed by atoms with Crippen LogP contribution in [0.25, 0.3) is 6.08 Å². The average molecular weight is 393 g/mol. The summed E-state index contributed by atoms with van der Waals surface area (Å²) < 4.78 is 42.5. The van der Waals surface area contributed by atoms with Crippen molar-refractivity contribution in [3.05, 3.63) is 40.4 Å². The molecule has 0 aromatic heterocycles. The monoisotopic (exact) mass is 392 g/mol. The Hall–Kier alpha value is -2.55. The van der Waals surface area contributed by atoms with Gasteiger partial charge in [-0.15, -0.1) is 0 Å². The summed E-state index contributed by atoms with van der Waals surface area (Å²) >= 11 is 5.78. The predicted molar refractivity (Wildman–Crippen MR) is 88.3 cm³/mol. The molecule has 2 N–H and O–H groups in total. The van der Waals surface area contributed by atoms with Gasteiger partial charge in [0.1, 0.15) is 0 Å². The van der Waals surface area contributed by atoms with Crippen LogP contribution in [0.5, 0.6) is 0 Å². The number of urea groups is 1. The number of carbonyl (C=O) groups is 3. The molecule has 0 aliphatic carbocycles. The number of alkyl halides is 3. The van der Waals surface area contributed by atoms with Gasteiger partial charge in [0.25, 0.3) is 5.91 Å². The topological polar surface area (TPSA) is 84.5 Å². The number of esters is 1. The number of rotatable bonds is 6. The maximum absolute atomic E-state index is 12.7. The standard InChI is InChI=1S/C16H16ClF3N2O4/c1-2-7-21-15(25)22-13(23)9-26-14(24)6-3-10-8-11(16(18,19)20)4-5-12(10)17/h3-6,8H,2,7,9H2,1H3,(H2,21,22,23,25)/b6-3+. The molecule has 142 valence electrons. The lowest BCUT2D eigenvalue weighted by Crippen LogP contribution is -2.41. The molecule has 0 heterocycles. The van der Waals surface area contributed by atoms with Gasteiger partial charge < -0.3 is 10.1 Å². The quantitative estimate of drug-likeness (QED) is 0.575. The van der Waals surface area contributed by atoms with Crippen LogP contribution in [0.15, 0.2) is 24.3 Å². The van der Waals surface area contributed by atoms with Crippen LogP contribution in [0.3, 0.4) is 0 Å². The normalized spacial score (nSPS) is 11.3. The van der Waals surface area contributed by atoms with E-state index in [4.69, 9.17) is 11.6 Å². The largest absolute Gasteiger partial charge is 0.452 e. The molecule has 0 spiro atoms. The molecule has 26 heavy (non-hydrogen) atoms. The molecule has 1 rings (SSSR count). The summed E-state index contributed by atoms with van der Waals surface area (Å²) in [5, 5.41) is 4.34. The van der Waals surface area contributed by atoms with E-state index in [0.29, 0.717) is 13.0 Å². The SMILES string of the molecule is CCCNC(=O)NC(=O)COC(=O)/C=C/c1cc(C(F)(F)F)ccc1Cl. The molecule has 0 bridgehead atoms. The van der Waals surface area contributed by atoms with E-state index in [-0.39, 0.29) is 10.6 Å². The van der Waals surface area contributed by atoms with Gasteiger partial charge in [0.05, 0.1) is 5.56 Å². The zero-order valence-electron chi connectivity index (χ0n) is 13.7. The lowest BCUT2D eigenvalue weighted by Gasteiger charge is -2.08. The number of nitrogens with one attached hydrogen (secondary N) is 2. The first-order valence-electron chi connectivity index (χ1n) is 7.42. The summed E-state index contributed by atoms with van der Waals surface area (Å²) in [6.45, 7) is 1.48. The first-order chi connectivity index (χ1) is 12.1. The number of amides is 3. The number of ether oxygens (including phenoxy) is 1. The minimum Gasteiger partial charge on any atom is -0.452 e. The van der Waals surface area contributed by atoms with E-state index < -0.39 is 36.3 Å². The maximum atomic E-state index is 12.7. The molecule has 0 unspecified atom stereocenters. The van der Waals surface area contributed by atoms with E-state index in [1.807, 2.05) is 12.2 Å². The molecule has 0 aliphatic heterocycles. The van der Waals surface area contributed by atoms with Gasteiger partial charge in [-0.25, -0.2) is 9.59 Å². The van der Waals surface area contributed by atoms with Crippen LogP contribution in [-0.2, 0) is 20.5 Å². The van der Waals surface area contributed by atoms with Gasteiger partial charge in [-0.05, 0) is 36.3 Å². The van der Waals surface area contributed by atoms with Gasteiger partial charge in [0, 0.05) is 17.6 Å². The Labute approximate surface area is 152 Å². The average Bonchev–Trinajstić information content (AvgIpc) is 2.56. The van der Waals surface area contributed by atoms with E-state index in [1.165, 1.54) is 0 Å². The van der Waals surface area contributed by atoms with Crippen LogP contribution in [0.4, 0.5) is 18.0 Å². The molecule has 0 saturated heterocycles. The van der Waals surface area contributed by atoms with E-state index in [9.17, 15) is 27.6 Å². The lowest BCUT2D eigenvalue weighted by atomic mass is 10.1. The van der Waals surface area contributed by atoms with Crippen LogP contribution in [0, 0.1) is 0 Å². The van der Waals surface area contributed by atoms with Crippen molar-refractivity contribution < 1.29 is 32.3 Å². The predicted octanol–water partition coefficient (Wildman–Crippen LogP) is 3.15. The Morgan fingerprint density at radius 1 is 1.27 bits per heavy atom. The molecule has 0 atom stereocenters. The van der Waals surface area contributed by atoms with E-state index in [0.717, 1.165) is 30.4 Å². The summed E-state index contributed by atoms with van der Waals surface area (Å²) in [5.74, 6) is -1.83. The zero-order chi connectivity index (χ0) is 19.7. The molecule has 6 nitrogen and oxygen atoms in total.